The maximum absolute atomic E-state index is 11.8. The van der Waals surface area contributed by atoms with Gasteiger partial charge in [0, 0.05) is 51.6 Å². The highest BCUT2D eigenvalue weighted by Crippen LogP contribution is 2.33. The van der Waals surface area contributed by atoms with Crippen molar-refractivity contribution < 1.29 is 8.42 Å². The smallest absolute Gasteiger partial charge is 0.175 e. The van der Waals surface area contributed by atoms with Crippen molar-refractivity contribution in [3.8, 4) is 22.5 Å². The van der Waals surface area contributed by atoms with E-state index in [0.29, 0.717) is 4.90 Å². The SMILES string of the molecule is Cc1cc(-c2ccc(CN3CC4CN(C)CC4C3)cc2)cc2c1nc(-c1ccc(S(C)(=O)=O)cc1)n2C. The summed E-state index contributed by atoms with van der Waals surface area (Å²) in [4.78, 5) is 10.3. The zero-order valence-corrected chi connectivity index (χ0v) is 22.8. The Hall–Kier alpha value is -3.00. The molecule has 2 atom stereocenters. The summed E-state index contributed by atoms with van der Waals surface area (Å²) >= 11 is 0. The molecule has 0 saturated carbocycles. The summed E-state index contributed by atoms with van der Waals surface area (Å²) in [5, 5.41) is 0. The number of hydrogen-bond acceptors (Lipinski definition) is 5. The van der Waals surface area contributed by atoms with Gasteiger partial charge in [-0.05, 0) is 84.5 Å². The van der Waals surface area contributed by atoms with Gasteiger partial charge in [-0.15, -0.1) is 0 Å². The lowest BCUT2D eigenvalue weighted by Gasteiger charge is -2.19. The van der Waals surface area contributed by atoms with Gasteiger partial charge < -0.3 is 9.47 Å². The number of imidazole rings is 1. The zero-order chi connectivity index (χ0) is 25.9. The minimum atomic E-state index is -3.23. The van der Waals surface area contributed by atoms with Gasteiger partial charge in [0.25, 0.3) is 0 Å². The Morgan fingerprint density at radius 3 is 2.08 bits per heavy atom. The third-order valence-electron chi connectivity index (χ3n) is 8.16. The highest BCUT2D eigenvalue weighted by molar-refractivity contribution is 7.90. The summed E-state index contributed by atoms with van der Waals surface area (Å²) in [6.07, 6.45) is 1.23. The van der Waals surface area contributed by atoms with Crippen molar-refractivity contribution in [3.63, 3.8) is 0 Å². The van der Waals surface area contributed by atoms with Gasteiger partial charge in [-0.3, -0.25) is 4.90 Å². The van der Waals surface area contributed by atoms with Crippen molar-refractivity contribution in [2.45, 2.75) is 18.4 Å². The molecule has 0 radical (unpaired) electrons. The molecule has 2 fully saturated rings. The topological polar surface area (TPSA) is 58.4 Å². The number of likely N-dealkylation sites (tertiary alicyclic amines) is 2. The number of hydrogen-bond donors (Lipinski definition) is 0. The highest BCUT2D eigenvalue weighted by Gasteiger charge is 2.38. The molecule has 6 rings (SSSR count). The van der Waals surface area contributed by atoms with Crippen LogP contribution in [-0.4, -0.2) is 67.3 Å². The van der Waals surface area contributed by atoms with E-state index in [0.717, 1.165) is 46.4 Å². The molecule has 2 aliphatic rings. The summed E-state index contributed by atoms with van der Waals surface area (Å²) in [7, 11) is 1.03. The number of sulfone groups is 1. The summed E-state index contributed by atoms with van der Waals surface area (Å²) in [5.41, 5.74) is 7.81. The van der Waals surface area contributed by atoms with Crippen LogP contribution in [0.4, 0.5) is 0 Å². The molecule has 7 heteroatoms. The monoisotopic (exact) mass is 514 g/mol. The molecule has 0 bridgehead atoms. The Morgan fingerprint density at radius 1 is 0.838 bits per heavy atom. The minimum absolute atomic E-state index is 0.317. The average molecular weight is 515 g/mol. The first-order valence-electron chi connectivity index (χ1n) is 12.9. The molecule has 0 amide bonds. The molecule has 37 heavy (non-hydrogen) atoms. The Morgan fingerprint density at radius 2 is 1.46 bits per heavy atom. The quantitative estimate of drug-likeness (QED) is 0.389. The van der Waals surface area contributed by atoms with E-state index in [4.69, 9.17) is 4.98 Å². The zero-order valence-electron chi connectivity index (χ0n) is 22.0. The van der Waals surface area contributed by atoms with Crippen molar-refractivity contribution in [3.05, 3.63) is 71.8 Å². The first-order valence-corrected chi connectivity index (χ1v) is 14.8. The fourth-order valence-corrected chi connectivity index (χ4v) is 6.88. The molecule has 3 aromatic carbocycles. The average Bonchev–Trinajstić information content (AvgIpc) is 3.50. The maximum atomic E-state index is 11.8. The van der Waals surface area contributed by atoms with E-state index in [1.807, 2.05) is 19.2 Å². The summed E-state index contributed by atoms with van der Waals surface area (Å²) < 4.78 is 25.8. The van der Waals surface area contributed by atoms with Gasteiger partial charge in [-0.25, -0.2) is 13.4 Å². The molecule has 4 aromatic rings. The summed E-state index contributed by atoms with van der Waals surface area (Å²) in [5.74, 6) is 2.49. The fraction of sp³-hybridized carbons (Fsp3) is 0.367. The second-order valence-electron chi connectivity index (χ2n) is 11.1. The molecular weight excluding hydrogens is 480 g/mol. The van der Waals surface area contributed by atoms with Crippen LogP contribution in [0.1, 0.15) is 11.1 Å². The molecule has 1 aromatic heterocycles. The molecule has 2 aliphatic heterocycles. The summed E-state index contributed by atoms with van der Waals surface area (Å²) in [6.45, 7) is 8.04. The van der Waals surface area contributed by atoms with E-state index >= 15 is 0 Å². The number of rotatable bonds is 5. The number of fused-ring (bicyclic) bond motifs is 2. The second-order valence-corrected chi connectivity index (χ2v) is 13.1. The lowest BCUT2D eigenvalue weighted by atomic mass is 10.0. The predicted octanol–water partition coefficient (Wildman–Crippen LogP) is 4.61. The fourth-order valence-electron chi connectivity index (χ4n) is 6.25. The molecule has 2 saturated heterocycles. The van der Waals surface area contributed by atoms with Crippen LogP contribution in [0, 0.1) is 18.8 Å². The van der Waals surface area contributed by atoms with Gasteiger partial charge in [-0.2, -0.15) is 0 Å². The Balaban J connectivity index is 1.24. The molecule has 2 unspecified atom stereocenters. The summed E-state index contributed by atoms with van der Waals surface area (Å²) in [6, 6.07) is 20.4. The van der Waals surface area contributed by atoms with Crippen LogP contribution < -0.4 is 0 Å². The first kappa shape index (κ1) is 24.3. The third-order valence-corrected chi connectivity index (χ3v) is 9.28. The van der Waals surface area contributed by atoms with Crippen LogP contribution in [0.3, 0.4) is 0 Å². The van der Waals surface area contributed by atoms with Gasteiger partial charge >= 0.3 is 0 Å². The minimum Gasteiger partial charge on any atom is -0.327 e. The van der Waals surface area contributed by atoms with Crippen molar-refractivity contribution in [1.29, 1.82) is 0 Å². The van der Waals surface area contributed by atoms with Crippen LogP contribution in [0.2, 0.25) is 0 Å². The Kier molecular flexibility index (Phi) is 5.97. The van der Waals surface area contributed by atoms with Crippen LogP contribution in [0.15, 0.2) is 65.6 Å². The Bertz CT molecular complexity index is 1560. The lowest BCUT2D eigenvalue weighted by molar-refractivity contribution is 0.272. The number of nitrogens with zero attached hydrogens (tertiary/aromatic N) is 4. The molecule has 0 aliphatic carbocycles. The van der Waals surface area contributed by atoms with E-state index in [2.05, 4.69) is 64.7 Å². The largest absolute Gasteiger partial charge is 0.327 e. The molecule has 6 nitrogen and oxygen atoms in total. The molecule has 0 spiro atoms. The van der Waals surface area contributed by atoms with Gasteiger partial charge in [0.1, 0.15) is 5.82 Å². The molecule has 3 heterocycles. The van der Waals surface area contributed by atoms with Gasteiger partial charge in [0.15, 0.2) is 9.84 Å². The first-order chi connectivity index (χ1) is 17.7. The van der Waals surface area contributed by atoms with Gasteiger partial charge in [0.05, 0.1) is 15.9 Å². The Labute approximate surface area is 219 Å². The molecule has 0 N–H and O–H groups in total. The second kappa shape index (κ2) is 9.08. The van der Waals surface area contributed by atoms with Crippen LogP contribution in [-0.2, 0) is 23.4 Å². The van der Waals surface area contributed by atoms with Crippen molar-refractivity contribution in [2.75, 3.05) is 39.5 Å². The standard InChI is InChI=1S/C30H34N4O2S/c1-20-13-24(22-7-5-21(6-8-22)15-34-18-25-16-32(2)17-26(25)19-34)14-28-29(20)31-30(33(28)3)23-9-11-27(12-10-23)37(4,35)36/h5-14,25-26H,15-19H2,1-4H3. The van der Waals surface area contributed by atoms with E-state index in [1.165, 1.54) is 49.1 Å². The molecule has 192 valence electrons. The van der Waals surface area contributed by atoms with E-state index in [1.54, 1.807) is 12.1 Å². The highest BCUT2D eigenvalue weighted by atomic mass is 32.2. The van der Waals surface area contributed by atoms with Gasteiger partial charge in [-0.1, -0.05) is 24.3 Å². The molecular formula is C30H34N4O2S. The van der Waals surface area contributed by atoms with E-state index in [-0.39, 0.29) is 0 Å². The van der Waals surface area contributed by atoms with Gasteiger partial charge in [0.2, 0.25) is 0 Å². The number of aromatic nitrogens is 2. The maximum Gasteiger partial charge on any atom is 0.175 e. The number of aryl methyl sites for hydroxylation is 2. The van der Waals surface area contributed by atoms with Crippen molar-refractivity contribution in [1.82, 2.24) is 19.4 Å². The third kappa shape index (κ3) is 4.60. The van der Waals surface area contributed by atoms with Crippen molar-refractivity contribution >= 4 is 20.9 Å². The van der Waals surface area contributed by atoms with Crippen molar-refractivity contribution in [2.24, 2.45) is 18.9 Å². The van der Waals surface area contributed by atoms with E-state index < -0.39 is 9.84 Å². The normalized spacial score (nSPS) is 20.6. The van der Waals surface area contributed by atoms with Crippen LogP contribution in [0.25, 0.3) is 33.5 Å². The van der Waals surface area contributed by atoms with E-state index in [9.17, 15) is 8.42 Å². The predicted molar refractivity (Wildman–Crippen MR) is 149 cm³/mol. The number of benzene rings is 3. The van der Waals surface area contributed by atoms with Crippen LogP contribution >= 0.6 is 0 Å². The lowest BCUT2D eigenvalue weighted by Crippen LogP contribution is -2.26. The van der Waals surface area contributed by atoms with Crippen LogP contribution in [0.5, 0.6) is 0 Å².